The van der Waals surface area contributed by atoms with Gasteiger partial charge in [0.05, 0.1) is 0 Å². The zero-order valence-electron chi connectivity index (χ0n) is 4.15. The maximum absolute atomic E-state index is 0. The fourth-order valence-electron chi connectivity index (χ4n) is 0. The first kappa shape index (κ1) is 2540. The van der Waals surface area contributed by atoms with Crippen LogP contribution in [0.5, 0.6) is 0 Å². The first-order valence-corrected chi connectivity index (χ1v) is 0. The van der Waals surface area contributed by atoms with Crippen LogP contribution in [0.4, 0.5) is 0 Å². The Hall–Kier alpha value is 0.522. The Kier molecular flexibility index (Phi) is 499000. The molecule has 0 radical (unpaired) electrons. The van der Waals surface area contributed by atoms with E-state index in [1.165, 1.54) is 0 Å². The molecule has 62 valence electrons. The molecule has 9 heavy (non-hydrogen) atoms. The average molecular weight is 389 g/mol. The minimum atomic E-state index is 0. The summed E-state index contributed by atoms with van der Waals surface area (Å²) in [6.07, 6.45) is 0. The van der Waals surface area contributed by atoms with E-state index >= 15 is 0 Å². The fourth-order valence-corrected chi connectivity index (χ4v) is 0. The molecule has 0 rings (SSSR count). The number of rotatable bonds is 0. The van der Waals surface area contributed by atoms with Crippen molar-refractivity contribution in [2.75, 3.05) is 0 Å². The van der Waals surface area contributed by atoms with E-state index in [0.29, 0.717) is 0 Å². The predicted molar refractivity (Wildman–Crippen MR) is 5.98 cm³/mol. The average Bonchev–Trinajstić information content (AvgIpc) is 0. The van der Waals surface area contributed by atoms with Gasteiger partial charge in [0.2, 0.25) is 0 Å². The van der Waals surface area contributed by atoms with Crippen molar-refractivity contribution in [2.24, 2.45) is 0 Å². The van der Waals surface area contributed by atoms with Crippen LogP contribution in [0.2, 0.25) is 0 Å². The molecule has 0 aromatic carbocycles. The van der Waals surface area contributed by atoms with Crippen molar-refractivity contribution in [3.63, 3.8) is 0 Å². The summed E-state index contributed by atoms with van der Waals surface area (Å²) in [6.45, 7) is 0. The molecule has 0 heterocycles. The molecule has 4 N–H and O–H groups in total. The summed E-state index contributed by atoms with van der Waals surface area (Å²) >= 11 is 0. The van der Waals surface area contributed by atoms with Gasteiger partial charge >= 0.3 is 31.1 Å². The van der Waals surface area contributed by atoms with Gasteiger partial charge in [-0.3, -0.25) is 0 Å². The molecule has 0 amide bonds. The van der Waals surface area contributed by atoms with Gasteiger partial charge in [-0.15, -0.1) is 0 Å². The topological polar surface area (TPSA) is 36.5 Å². The fraction of sp³-hybridized carbons (Fsp3) is 0. The second kappa shape index (κ2) is 1770. The van der Waals surface area contributed by atoms with Gasteiger partial charge < -0.3 is 39.1 Å². The Morgan fingerprint density at radius 1 is 0.333 bits per heavy atom. The minimum absolute atomic E-state index is 0. The van der Waals surface area contributed by atoms with Crippen LogP contribution in [0.1, 0.15) is 0 Å². The van der Waals surface area contributed by atoms with E-state index < -0.39 is 0 Å². The van der Waals surface area contributed by atoms with Gasteiger partial charge in [0.25, 0.3) is 0 Å². The summed E-state index contributed by atoms with van der Waals surface area (Å²) in [6, 6.07) is 0. The van der Waals surface area contributed by atoms with Crippen LogP contribution in [0, 0.1) is 31.1 Å². The van der Waals surface area contributed by atoms with Crippen molar-refractivity contribution in [1.29, 1.82) is 0 Å². The van der Waals surface area contributed by atoms with Gasteiger partial charge in [0.15, 0.2) is 0 Å². The van der Waals surface area contributed by atoms with Crippen LogP contribution in [0.25, 0.3) is 0 Å². The van der Waals surface area contributed by atoms with E-state index in [4.69, 9.17) is 0 Å². The van der Waals surface area contributed by atoms with Crippen molar-refractivity contribution in [3.05, 3.63) is 0 Å². The zero-order valence-corrected chi connectivity index (χ0v) is 8.31. The quantitative estimate of drug-likeness (QED) is 0.400. The van der Waals surface area contributed by atoms with Crippen molar-refractivity contribution in [2.45, 2.75) is 0 Å². The number of quaternary nitrogens is 1. The van der Waals surface area contributed by atoms with E-state index in [9.17, 15) is 0 Å². The van der Waals surface area contributed by atoms with E-state index in [-0.39, 0.29) is 70.2 Å². The maximum atomic E-state index is 0. The third kappa shape index (κ3) is 1330. The molecule has 1 nitrogen and oxygen atoms in total. The number of hydrogen-bond donors (Lipinski definition) is 1. The van der Waals surface area contributed by atoms with Gasteiger partial charge in [-0.25, -0.2) is 0 Å². The predicted octanol–water partition coefficient (Wildman–Crippen LogP) is -20.6. The number of halogens is 7. The van der Waals surface area contributed by atoms with Crippen molar-refractivity contribution in [1.82, 2.24) is 6.15 Å². The third-order valence-corrected chi connectivity index (χ3v) is 0. The van der Waals surface area contributed by atoms with Crippen LogP contribution in [-0.4, -0.2) is 0 Å². The molecule has 0 fully saturated rings. The van der Waals surface area contributed by atoms with Gasteiger partial charge in [0.1, 0.15) is 0 Å². The molecular weight excluding hydrogens is 385 g/mol. The van der Waals surface area contributed by atoms with Gasteiger partial charge in [-0.2, -0.15) is 0 Å². The summed E-state index contributed by atoms with van der Waals surface area (Å²) in [5, 5.41) is 0. The zero-order chi connectivity index (χ0) is 0. The smallest absolute Gasteiger partial charge is 1.00 e. The molecule has 0 bridgehead atoms. The molecule has 0 spiro atoms. The standard InChI is InChI=1S/7FH.H3N.U/h7*1H;1H3;/q;;;;;;;;+6/p-6. The molecule has 0 aromatic rings. The minimum Gasteiger partial charge on any atom is -1.00 e. The van der Waals surface area contributed by atoms with Gasteiger partial charge in [-0.1, -0.05) is 0 Å². The Labute approximate surface area is 70.5 Å². The van der Waals surface area contributed by atoms with Crippen molar-refractivity contribution in [3.8, 4) is 0 Å². The van der Waals surface area contributed by atoms with E-state index in [1.54, 1.807) is 0 Å². The molecule has 0 aliphatic heterocycles. The maximum Gasteiger partial charge on any atom is 6.00 e. The van der Waals surface area contributed by atoms with Gasteiger partial charge in [0, 0.05) is 0 Å². The summed E-state index contributed by atoms with van der Waals surface area (Å²) in [5.74, 6) is 0. The monoisotopic (exact) mass is 389 g/mol. The molecule has 0 saturated heterocycles. The van der Waals surface area contributed by atoms with E-state index in [2.05, 4.69) is 0 Å². The molecule has 0 unspecified atom stereocenters. The summed E-state index contributed by atoms with van der Waals surface area (Å²) in [7, 11) is 0. The van der Waals surface area contributed by atoms with E-state index in [1.807, 2.05) is 0 Å². The summed E-state index contributed by atoms with van der Waals surface area (Å²) < 4.78 is 0. The Balaban J connectivity index is 0. The van der Waals surface area contributed by atoms with Crippen LogP contribution in [0.3, 0.4) is 0 Å². The molecule has 0 atom stereocenters. The second-order valence-electron chi connectivity index (χ2n) is 0. The van der Waals surface area contributed by atoms with Gasteiger partial charge in [-0.05, 0) is 0 Å². The second-order valence-corrected chi connectivity index (χ2v) is 0. The SMILES string of the molecule is [F-].[F-].[F-].[F-].[F-].[F-].[F-].[NH4+].[U+6]. The van der Waals surface area contributed by atoms with Crippen molar-refractivity contribution < 1.29 is 64.0 Å². The summed E-state index contributed by atoms with van der Waals surface area (Å²) in [4.78, 5) is 0. The Bertz CT molecular complexity index is 8.88. The van der Waals surface area contributed by atoms with Crippen molar-refractivity contribution >= 4 is 0 Å². The normalized spacial score (nSPS) is 0. The largest absolute Gasteiger partial charge is 6.00 e. The number of hydrogen-bond acceptors (Lipinski definition) is 0. The van der Waals surface area contributed by atoms with Crippen LogP contribution in [0.15, 0.2) is 0 Å². The first-order chi connectivity index (χ1) is 0. The van der Waals surface area contributed by atoms with Crippen LogP contribution >= 0.6 is 0 Å². The van der Waals surface area contributed by atoms with Crippen LogP contribution < -0.4 is 39.1 Å². The molecule has 9 heteroatoms. The molecule has 0 aromatic heterocycles. The molecule has 0 aliphatic carbocycles. The Morgan fingerprint density at radius 2 is 0.333 bits per heavy atom. The first-order valence-electron chi connectivity index (χ1n) is 0. The molecule has 0 aliphatic rings. The Morgan fingerprint density at radius 3 is 0.333 bits per heavy atom. The summed E-state index contributed by atoms with van der Waals surface area (Å²) in [5.41, 5.74) is 0. The molecular formula is H4F7NU. The van der Waals surface area contributed by atoms with Crippen LogP contribution in [-0.2, 0) is 0 Å². The molecule has 0 saturated carbocycles. The van der Waals surface area contributed by atoms with E-state index in [0.717, 1.165) is 0 Å². The third-order valence-electron chi connectivity index (χ3n) is 0.